The first kappa shape index (κ1) is 18.7. The molecule has 1 fully saturated rings. The Kier molecular flexibility index (Phi) is 5.69. The smallest absolute Gasteiger partial charge is 0.192 e. The molecule has 0 N–H and O–H groups in total. The van der Waals surface area contributed by atoms with Crippen molar-refractivity contribution in [2.45, 2.75) is 90.5 Å². The van der Waals surface area contributed by atoms with Crippen molar-refractivity contribution >= 4 is 35.6 Å². The van der Waals surface area contributed by atoms with Crippen LogP contribution in [0.1, 0.15) is 67.7 Å². The van der Waals surface area contributed by atoms with Gasteiger partial charge in [0, 0.05) is 20.1 Å². The fourth-order valence-corrected chi connectivity index (χ4v) is 6.60. The summed E-state index contributed by atoms with van der Waals surface area (Å²) >= 11 is 5.77. The van der Waals surface area contributed by atoms with E-state index in [1.807, 2.05) is 11.3 Å². The molecule has 0 spiro atoms. The van der Waals surface area contributed by atoms with E-state index in [4.69, 9.17) is 4.43 Å². The molecule has 1 aliphatic carbocycles. The van der Waals surface area contributed by atoms with Crippen molar-refractivity contribution < 1.29 is 4.43 Å². The van der Waals surface area contributed by atoms with Crippen LogP contribution < -0.4 is 0 Å². The molecule has 1 saturated carbocycles. The zero-order valence-corrected chi connectivity index (χ0v) is 18.6. The first-order chi connectivity index (χ1) is 10.0. The molecule has 1 aliphatic rings. The zero-order chi connectivity index (χ0) is 16.7. The summed E-state index contributed by atoms with van der Waals surface area (Å²) in [5.74, 6) is 0.571. The van der Waals surface area contributed by atoms with Gasteiger partial charge in [0.1, 0.15) is 0 Å². The van der Waals surface area contributed by atoms with Crippen LogP contribution in [-0.2, 0) is 4.43 Å². The highest BCUT2D eigenvalue weighted by Crippen LogP contribution is 2.47. The van der Waals surface area contributed by atoms with Crippen molar-refractivity contribution in [2.75, 3.05) is 0 Å². The van der Waals surface area contributed by atoms with Crippen LogP contribution in [0.15, 0.2) is 4.47 Å². The van der Waals surface area contributed by atoms with Gasteiger partial charge in [-0.1, -0.05) is 33.6 Å². The Labute approximate surface area is 150 Å². The van der Waals surface area contributed by atoms with Gasteiger partial charge in [-0.3, -0.25) is 0 Å². The Morgan fingerprint density at radius 3 is 2.18 bits per heavy atom. The van der Waals surface area contributed by atoms with E-state index in [2.05, 4.69) is 63.6 Å². The summed E-state index contributed by atoms with van der Waals surface area (Å²) in [7, 11) is -1.71. The molecule has 1 aromatic rings. The molecule has 0 bridgehead atoms. The maximum absolute atomic E-state index is 6.85. The monoisotopic (exact) mass is 402 g/mol. The van der Waals surface area contributed by atoms with Crippen molar-refractivity contribution in [3.63, 3.8) is 0 Å². The number of aryl methyl sites for hydroxylation is 2. The fourth-order valence-electron chi connectivity index (χ4n) is 3.22. The molecule has 0 aromatic carbocycles. The molecular weight excluding hydrogens is 372 g/mol. The molecule has 0 amide bonds. The first-order valence-corrected chi connectivity index (χ1v) is 13.0. The number of hydrogen-bond donors (Lipinski definition) is 0. The number of halogens is 1. The summed E-state index contributed by atoms with van der Waals surface area (Å²) < 4.78 is 8.19. The molecule has 126 valence electrons. The minimum absolute atomic E-state index is 0.284. The van der Waals surface area contributed by atoms with Crippen LogP contribution in [0.4, 0.5) is 0 Å². The Balaban J connectivity index is 2.30. The molecule has 0 radical (unpaired) electrons. The number of thiophene rings is 1. The lowest BCUT2D eigenvalue weighted by molar-refractivity contribution is 0.114. The second kappa shape index (κ2) is 6.70. The highest BCUT2D eigenvalue weighted by molar-refractivity contribution is 9.10. The number of hydrogen-bond acceptors (Lipinski definition) is 2. The van der Waals surface area contributed by atoms with Crippen molar-refractivity contribution in [1.29, 1.82) is 0 Å². The van der Waals surface area contributed by atoms with E-state index in [9.17, 15) is 0 Å². The predicted octanol–water partition coefficient (Wildman–Crippen LogP) is 7.18. The largest absolute Gasteiger partial charge is 0.413 e. The van der Waals surface area contributed by atoms with E-state index in [-0.39, 0.29) is 5.04 Å². The van der Waals surface area contributed by atoms with Gasteiger partial charge < -0.3 is 4.43 Å². The summed E-state index contributed by atoms with van der Waals surface area (Å²) in [6.45, 7) is 16.3. The van der Waals surface area contributed by atoms with Crippen LogP contribution in [0.25, 0.3) is 0 Å². The zero-order valence-electron chi connectivity index (χ0n) is 15.2. The van der Waals surface area contributed by atoms with Gasteiger partial charge in [0.25, 0.3) is 0 Å². The molecule has 22 heavy (non-hydrogen) atoms. The average Bonchev–Trinajstić information content (AvgIpc) is 2.63. The van der Waals surface area contributed by atoms with Crippen LogP contribution in [0, 0.1) is 13.8 Å². The second-order valence-electron chi connectivity index (χ2n) is 8.25. The molecule has 2 rings (SSSR count). The van der Waals surface area contributed by atoms with E-state index in [0.717, 1.165) is 0 Å². The lowest BCUT2D eigenvalue weighted by Gasteiger charge is -2.43. The summed E-state index contributed by atoms with van der Waals surface area (Å²) in [6.07, 6.45) is 5.55. The highest BCUT2D eigenvalue weighted by atomic mass is 79.9. The maximum atomic E-state index is 6.85. The Hall–Kier alpha value is 0.357. The molecule has 1 nitrogen and oxygen atoms in total. The summed E-state index contributed by atoms with van der Waals surface area (Å²) in [5, 5.41) is 0.284. The molecule has 1 heterocycles. The third-order valence-electron chi connectivity index (χ3n) is 5.56. The summed E-state index contributed by atoms with van der Waals surface area (Å²) in [4.78, 5) is 2.88. The predicted molar refractivity (Wildman–Crippen MR) is 105 cm³/mol. The Bertz CT molecular complexity index is 530. The van der Waals surface area contributed by atoms with Gasteiger partial charge in [0.15, 0.2) is 8.32 Å². The maximum Gasteiger partial charge on any atom is 0.192 e. The van der Waals surface area contributed by atoms with Gasteiger partial charge in [0.05, 0.1) is 6.10 Å². The van der Waals surface area contributed by atoms with Gasteiger partial charge in [-0.2, -0.15) is 0 Å². The van der Waals surface area contributed by atoms with Crippen molar-refractivity contribution in [3.05, 3.63) is 19.8 Å². The summed E-state index contributed by atoms with van der Waals surface area (Å²) in [5.41, 5.74) is 1.53. The average molecular weight is 404 g/mol. The minimum atomic E-state index is -1.71. The fraction of sp³-hybridized carbons (Fsp3) is 0.778. The van der Waals surface area contributed by atoms with Crippen LogP contribution >= 0.6 is 27.3 Å². The third-order valence-corrected chi connectivity index (χ3v) is 12.4. The van der Waals surface area contributed by atoms with E-state index >= 15 is 0 Å². The molecule has 4 heteroatoms. The second-order valence-corrected chi connectivity index (χ2v) is 15.2. The first-order valence-electron chi connectivity index (χ1n) is 8.48. The Morgan fingerprint density at radius 2 is 1.68 bits per heavy atom. The third kappa shape index (κ3) is 3.71. The topological polar surface area (TPSA) is 9.23 Å². The molecule has 1 aromatic heterocycles. The van der Waals surface area contributed by atoms with Crippen LogP contribution in [0.2, 0.25) is 18.1 Å². The van der Waals surface area contributed by atoms with Crippen molar-refractivity contribution in [1.82, 2.24) is 0 Å². The lowest BCUT2D eigenvalue weighted by Crippen LogP contribution is -2.46. The molecule has 2 atom stereocenters. The van der Waals surface area contributed by atoms with E-state index in [1.165, 1.54) is 45.5 Å². The highest BCUT2D eigenvalue weighted by Gasteiger charge is 2.42. The van der Waals surface area contributed by atoms with E-state index in [1.54, 1.807) is 0 Å². The summed E-state index contributed by atoms with van der Waals surface area (Å²) in [6, 6.07) is 0. The van der Waals surface area contributed by atoms with E-state index in [0.29, 0.717) is 12.0 Å². The van der Waals surface area contributed by atoms with Gasteiger partial charge in [-0.05, 0) is 66.3 Å². The van der Waals surface area contributed by atoms with Crippen LogP contribution in [0.5, 0.6) is 0 Å². The van der Waals surface area contributed by atoms with Gasteiger partial charge in [-0.15, -0.1) is 11.3 Å². The van der Waals surface area contributed by atoms with E-state index < -0.39 is 8.32 Å². The van der Waals surface area contributed by atoms with Crippen LogP contribution in [-0.4, -0.2) is 14.4 Å². The van der Waals surface area contributed by atoms with Gasteiger partial charge >= 0.3 is 0 Å². The van der Waals surface area contributed by atoms with Gasteiger partial charge in [-0.25, -0.2) is 0 Å². The van der Waals surface area contributed by atoms with Crippen molar-refractivity contribution in [2.24, 2.45) is 0 Å². The SMILES string of the molecule is Cc1sc(C)c([C@H]2CCCC[C@@H]2O[Si](C)(C)C(C)(C)C)c1Br. The van der Waals surface area contributed by atoms with Crippen LogP contribution in [0.3, 0.4) is 0 Å². The molecular formula is C18H31BrOSSi. The quantitative estimate of drug-likeness (QED) is 0.486. The van der Waals surface area contributed by atoms with Crippen molar-refractivity contribution in [3.8, 4) is 0 Å². The molecule has 0 aliphatic heterocycles. The van der Waals surface area contributed by atoms with Gasteiger partial charge in [0.2, 0.25) is 0 Å². The standard InChI is InChI=1S/C18H31BrOSSi/c1-12-16(17(19)13(2)21-12)14-10-8-9-11-15(14)20-22(6,7)18(3,4)5/h14-15H,8-11H2,1-7H3/t14-,15-/m0/s1. The Morgan fingerprint density at radius 1 is 1.09 bits per heavy atom. The lowest BCUT2D eigenvalue weighted by atomic mass is 9.82. The number of rotatable bonds is 3. The molecule has 0 unspecified atom stereocenters. The minimum Gasteiger partial charge on any atom is -0.413 e. The molecule has 0 saturated heterocycles. The normalized spacial score (nSPS) is 23.8.